The number of hydrogen-bond donors (Lipinski definition) is 1. The van der Waals surface area contributed by atoms with Crippen molar-refractivity contribution < 1.29 is 14.6 Å². The van der Waals surface area contributed by atoms with Crippen LogP contribution >= 0.6 is 31.9 Å². The van der Waals surface area contributed by atoms with Crippen LogP contribution in [-0.4, -0.2) is 42.9 Å². The van der Waals surface area contributed by atoms with Crippen LogP contribution in [0, 0.1) is 0 Å². The third-order valence-electron chi connectivity index (χ3n) is 4.62. The molecule has 1 heterocycles. The van der Waals surface area contributed by atoms with Crippen LogP contribution in [0.3, 0.4) is 0 Å². The smallest absolute Gasteiger partial charge is 0.141 e. The molecule has 0 amide bonds. The first kappa shape index (κ1) is 19.8. The van der Waals surface area contributed by atoms with Gasteiger partial charge in [0.05, 0.1) is 23.3 Å². The molecule has 0 aliphatic carbocycles. The number of rotatable bonds is 6. The summed E-state index contributed by atoms with van der Waals surface area (Å²) in [6.45, 7) is 6.16. The Morgan fingerprint density at radius 2 is 1.81 bits per heavy atom. The molecule has 0 bridgehead atoms. The number of nitrogens with zero attached hydrogens (tertiary/aromatic N) is 1. The molecule has 140 valence electrons. The third kappa shape index (κ3) is 5.30. The van der Waals surface area contributed by atoms with E-state index in [1.807, 2.05) is 49.4 Å². The summed E-state index contributed by atoms with van der Waals surface area (Å²) in [5.41, 5.74) is 0.0302. The van der Waals surface area contributed by atoms with Crippen molar-refractivity contribution in [3.05, 3.63) is 57.0 Å². The quantitative estimate of drug-likeness (QED) is 0.630. The lowest BCUT2D eigenvalue weighted by Crippen LogP contribution is -2.39. The van der Waals surface area contributed by atoms with E-state index in [2.05, 4.69) is 36.8 Å². The number of aliphatic hydroxyl groups is 1. The second-order valence-corrected chi connectivity index (χ2v) is 8.45. The first-order valence-corrected chi connectivity index (χ1v) is 10.3. The van der Waals surface area contributed by atoms with E-state index in [4.69, 9.17) is 9.47 Å². The predicted octanol–water partition coefficient (Wildman–Crippen LogP) is 4.93. The zero-order chi connectivity index (χ0) is 18.6. The van der Waals surface area contributed by atoms with E-state index in [0.717, 1.165) is 58.9 Å². The Morgan fingerprint density at radius 3 is 2.46 bits per heavy atom. The topological polar surface area (TPSA) is 41.9 Å². The van der Waals surface area contributed by atoms with Gasteiger partial charge >= 0.3 is 0 Å². The Morgan fingerprint density at radius 1 is 1.12 bits per heavy atom. The van der Waals surface area contributed by atoms with Crippen molar-refractivity contribution in [2.45, 2.75) is 18.9 Å². The van der Waals surface area contributed by atoms with Gasteiger partial charge in [-0.3, -0.25) is 4.90 Å². The highest BCUT2D eigenvalue weighted by atomic mass is 79.9. The first-order chi connectivity index (χ1) is 12.4. The average molecular weight is 485 g/mol. The minimum atomic E-state index is -0.866. The monoisotopic (exact) mass is 483 g/mol. The molecule has 0 spiro atoms. The highest BCUT2D eigenvalue weighted by Crippen LogP contribution is 2.33. The first-order valence-electron chi connectivity index (χ1n) is 8.70. The molecule has 1 N–H and O–H groups in total. The van der Waals surface area contributed by atoms with Gasteiger partial charge in [-0.15, -0.1) is 0 Å². The number of hydrogen-bond acceptors (Lipinski definition) is 4. The summed E-state index contributed by atoms with van der Waals surface area (Å²) in [5, 5.41) is 10.9. The lowest BCUT2D eigenvalue weighted by atomic mass is 9.92. The van der Waals surface area contributed by atoms with Crippen molar-refractivity contribution in [3.63, 3.8) is 0 Å². The Kier molecular flexibility index (Phi) is 6.75. The fourth-order valence-electron chi connectivity index (χ4n) is 2.91. The summed E-state index contributed by atoms with van der Waals surface area (Å²) in [5.74, 6) is 1.49. The Bertz CT molecular complexity index is 728. The second-order valence-electron chi connectivity index (χ2n) is 6.68. The van der Waals surface area contributed by atoms with Crippen LogP contribution in [0.1, 0.15) is 18.9 Å². The maximum Gasteiger partial charge on any atom is 0.141 e. The maximum absolute atomic E-state index is 10.9. The molecule has 2 aromatic rings. The molecule has 2 aromatic carbocycles. The van der Waals surface area contributed by atoms with Crippen molar-refractivity contribution in [1.82, 2.24) is 4.90 Å². The average Bonchev–Trinajstić information content (AvgIpc) is 2.64. The van der Waals surface area contributed by atoms with Crippen molar-refractivity contribution in [1.29, 1.82) is 0 Å². The molecule has 1 aliphatic rings. The van der Waals surface area contributed by atoms with Crippen molar-refractivity contribution >= 4 is 31.9 Å². The van der Waals surface area contributed by atoms with E-state index in [9.17, 15) is 5.11 Å². The molecule has 1 unspecified atom stereocenters. The van der Waals surface area contributed by atoms with E-state index in [-0.39, 0.29) is 0 Å². The van der Waals surface area contributed by atoms with Crippen molar-refractivity contribution in [3.8, 4) is 11.5 Å². The molecule has 0 aromatic heterocycles. The van der Waals surface area contributed by atoms with Crippen LogP contribution in [0.15, 0.2) is 51.4 Å². The molecule has 1 aliphatic heterocycles. The van der Waals surface area contributed by atoms with Crippen LogP contribution in [0.4, 0.5) is 0 Å². The Balaban J connectivity index is 1.62. The highest BCUT2D eigenvalue weighted by molar-refractivity contribution is 9.11. The molecule has 0 saturated carbocycles. The van der Waals surface area contributed by atoms with Gasteiger partial charge in [-0.1, -0.05) is 28.1 Å². The van der Waals surface area contributed by atoms with Gasteiger partial charge in [-0.2, -0.15) is 0 Å². The van der Waals surface area contributed by atoms with Gasteiger partial charge in [0.15, 0.2) is 0 Å². The maximum atomic E-state index is 10.9. The van der Waals surface area contributed by atoms with E-state index in [0.29, 0.717) is 6.42 Å². The van der Waals surface area contributed by atoms with Crippen LogP contribution in [0.5, 0.6) is 11.5 Å². The van der Waals surface area contributed by atoms with Crippen LogP contribution < -0.4 is 4.74 Å². The lowest BCUT2D eigenvalue weighted by molar-refractivity contribution is 0.00548. The molecule has 0 radical (unpaired) electrons. The van der Waals surface area contributed by atoms with Crippen LogP contribution in [0.2, 0.25) is 0 Å². The van der Waals surface area contributed by atoms with Gasteiger partial charge in [0, 0.05) is 24.1 Å². The van der Waals surface area contributed by atoms with Crippen molar-refractivity contribution in [2.75, 3.05) is 32.8 Å². The van der Waals surface area contributed by atoms with Gasteiger partial charge in [-0.05, 0) is 65.2 Å². The number of morpholine rings is 1. The molecule has 6 heteroatoms. The number of benzene rings is 2. The number of halogens is 2. The molecule has 1 saturated heterocycles. The van der Waals surface area contributed by atoms with Gasteiger partial charge in [0.25, 0.3) is 0 Å². The van der Waals surface area contributed by atoms with Crippen LogP contribution in [0.25, 0.3) is 0 Å². The van der Waals surface area contributed by atoms with E-state index in [1.54, 1.807) is 0 Å². The summed E-state index contributed by atoms with van der Waals surface area (Å²) in [6, 6.07) is 13.4. The molecule has 1 atom stereocenters. The largest absolute Gasteiger partial charge is 0.456 e. The molecule has 1 fully saturated rings. The van der Waals surface area contributed by atoms with Gasteiger partial charge < -0.3 is 14.6 Å². The third-order valence-corrected chi connectivity index (χ3v) is 5.73. The van der Waals surface area contributed by atoms with Crippen LogP contribution in [-0.2, 0) is 10.3 Å². The number of ether oxygens (including phenoxy) is 2. The molecule has 3 rings (SSSR count). The predicted molar refractivity (Wildman–Crippen MR) is 110 cm³/mol. The van der Waals surface area contributed by atoms with E-state index < -0.39 is 5.60 Å². The zero-order valence-electron chi connectivity index (χ0n) is 14.8. The normalized spacial score (nSPS) is 17.7. The second kappa shape index (κ2) is 8.85. The molecular formula is C20H23Br2NO3. The summed E-state index contributed by atoms with van der Waals surface area (Å²) < 4.78 is 13.2. The van der Waals surface area contributed by atoms with Gasteiger partial charge in [0.2, 0.25) is 0 Å². The fraction of sp³-hybridized carbons (Fsp3) is 0.400. The van der Waals surface area contributed by atoms with E-state index in [1.165, 1.54) is 0 Å². The zero-order valence-corrected chi connectivity index (χ0v) is 17.9. The van der Waals surface area contributed by atoms with E-state index >= 15 is 0 Å². The summed E-state index contributed by atoms with van der Waals surface area (Å²) in [6.07, 6.45) is 0.686. The highest BCUT2D eigenvalue weighted by Gasteiger charge is 2.24. The Labute approximate surface area is 171 Å². The van der Waals surface area contributed by atoms with Gasteiger partial charge in [-0.25, -0.2) is 0 Å². The lowest BCUT2D eigenvalue weighted by Gasteiger charge is -2.31. The molecular weight excluding hydrogens is 462 g/mol. The van der Waals surface area contributed by atoms with Crippen molar-refractivity contribution in [2.24, 2.45) is 0 Å². The summed E-state index contributed by atoms with van der Waals surface area (Å²) in [7, 11) is 0. The SMILES string of the molecule is CC(O)(CCN1CCOCC1)c1ccc(Oc2ccc(Br)cc2Br)cc1. The Hall–Kier alpha value is -0.920. The molecule has 4 nitrogen and oxygen atoms in total. The van der Waals surface area contributed by atoms with Gasteiger partial charge in [0.1, 0.15) is 11.5 Å². The summed E-state index contributed by atoms with van der Waals surface area (Å²) >= 11 is 6.93. The summed E-state index contributed by atoms with van der Waals surface area (Å²) in [4.78, 5) is 2.33. The fourth-order valence-corrected chi connectivity index (χ4v) is 4.04. The minimum absolute atomic E-state index is 0.686. The molecule has 26 heavy (non-hydrogen) atoms. The standard InChI is InChI=1S/C20H23Br2NO3/c1-20(24,8-9-23-10-12-25-13-11-23)15-2-5-17(6-3-15)26-19-7-4-16(21)14-18(19)22/h2-7,14,24H,8-13H2,1H3. The minimum Gasteiger partial charge on any atom is -0.456 e.